The topological polar surface area (TPSA) is 127 Å². The van der Waals surface area contributed by atoms with E-state index in [-0.39, 0.29) is 19.4 Å². The third-order valence-corrected chi connectivity index (χ3v) is 2.62. The summed E-state index contributed by atoms with van der Waals surface area (Å²) in [7, 11) is 0. The standard InChI is InChI=1S/C13H17N3O4/c14-10(8-11(15)17)13(20)16(7-6-12(18)19)9-4-2-1-3-5-9/h1-5,10H,6-8,14H2,(H2,15,17)(H,18,19). The highest BCUT2D eigenvalue weighted by Gasteiger charge is 2.24. The van der Waals surface area contributed by atoms with Crippen molar-refractivity contribution in [3.05, 3.63) is 30.3 Å². The lowest BCUT2D eigenvalue weighted by Gasteiger charge is -2.24. The molecular weight excluding hydrogens is 262 g/mol. The maximum Gasteiger partial charge on any atom is 0.305 e. The van der Waals surface area contributed by atoms with E-state index in [9.17, 15) is 14.4 Å². The second-order valence-electron chi connectivity index (χ2n) is 4.25. The molecule has 2 amide bonds. The van der Waals surface area contributed by atoms with E-state index in [1.54, 1.807) is 30.3 Å². The zero-order valence-electron chi connectivity index (χ0n) is 10.9. The van der Waals surface area contributed by atoms with Gasteiger partial charge in [0.1, 0.15) is 0 Å². The second kappa shape index (κ2) is 7.25. The van der Waals surface area contributed by atoms with Crippen LogP contribution in [0.1, 0.15) is 12.8 Å². The predicted octanol–water partition coefficient (Wildman–Crippen LogP) is -0.303. The summed E-state index contributed by atoms with van der Waals surface area (Å²) >= 11 is 0. The number of carbonyl (C=O) groups is 3. The molecule has 0 saturated heterocycles. The van der Waals surface area contributed by atoms with E-state index < -0.39 is 23.8 Å². The summed E-state index contributed by atoms with van der Waals surface area (Å²) in [5.74, 6) is -2.24. The summed E-state index contributed by atoms with van der Waals surface area (Å²) in [5, 5.41) is 8.73. The Hall–Kier alpha value is -2.41. The largest absolute Gasteiger partial charge is 0.481 e. The number of hydrogen-bond donors (Lipinski definition) is 3. The first-order valence-electron chi connectivity index (χ1n) is 6.04. The Morgan fingerprint density at radius 2 is 1.80 bits per heavy atom. The van der Waals surface area contributed by atoms with Gasteiger partial charge in [0.2, 0.25) is 11.8 Å². The van der Waals surface area contributed by atoms with Gasteiger partial charge in [-0.3, -0.25) is 14.4 Å². The molecule has 0 saturated carbocycles. The first-order valence-corrected chi connectivity index (χ1v) is 6.04. The van der Waals surface area contributed by atoms with E-state index in [0.29, 0.717) is 5.69 Å². The molecule has 1 atom stereocenters. The van der Waals surface area contributed by atoms with Crippen LogP contribution in [0.5, 0.6) is 0 Å². The lowest BCUT2D eigenvalue weighted by atomic mass is 10.1. The van der Waals surface area contributed by atoms with Crippen molar-refractivity contribution in [2.24, 2.45) is 11.5 Å². The first-order chi connectivity index (χ1) is 9.41. The van der Waals surface area contributed by atoms with Crippen LogP contribution in [0.2, 0.25) is 0 Å². The van der Waals surface area contributed by atoms with E-state index >= 15 is 0 Å². The fraction of sp³-hybridized carbons (Fsp3) is 0.308. The van der Waals surface area contributed by atoms with Crippen LogP contribution in [0.15, 0.2) is 30.3 Å². The molecule has 0 radical (unpaired) electrons. The molecule has 5 N–H and O–H groups in total. The molecule has 0 aromatic heterocycles. The molecule has 0 spiro atoms. The van der Waals surface area contributed by atoms with Gasteiger partial charge in [-0.1, -0.05) is 18.2 Å². The SMILES string of the molecule is NC(=O)CC(N)C(=O)N(CCC(=O)O)c1ccccc1. The smallest absolute Gasteiger partial charge is 0.305 e. The Bertz CT molecular complexity index is 490. The number of aliphatic carboxylic acids is 1. The van der Waals surface area contributed by atoms with Crippen LogP contribution in [-0.2, 0) is 14.4 Å². The Labute approximate surface area is 116 Å². The zero-order chi connectivity index (χ0) is 15.1. The van der Waals surface area contributed by atoms with Crippen LogP contribution in [0, 0.1) is 0 Å². The van der Waals surface area contributed by atoms with Crippen molar-refractivity contribution >= 4 is 23.5 Å². The third kappa shape index (κ3) is 4.69. The van der Waals surface area contributed by atoms with Crippen LogP contribution >= 0.6 is 0 Å². The molecular formula is C13H17N3O4. The summed E-state index contributed by atoms with van der Waals surface area (Å²) in [6.45, 7) is -0.0232. The van der Waals surface area contributed by atoms with Gasteiger partial charge < -0.3 is 21.5 Å². The van der Waals surface area contributed by atoms with Crippen LogP contribution in [0.4, 0.5) is 5.69 Å². The van der Waals surface area contributed by atoms with Gasteiger partial charge in [-0.05, 0) is 12.1 Å². The molecule has 1 rings (SSSR count). The van der Waals surface area contributed by atoms with Gasteiger partial charge >= 0.3 is 5.97 Å². The minimum absolute atomic E-state index is 0.0232. The molecule has 1 aromatic rings. The maximum absolute atomic E-state index is 12.2. The van der Waals surface area contributed by atoms with E-state index in [1.165, 1.54) is 4.90 Å². The quantitative estimate of drug-likeness (QED) is 0.631. The van der Waals surface area contributed by atoms with Gasteiger partial charge in [0.15, 0.2) is 0 Å². The number of hydrogen-bond acceptors (Lipinski definition) is 4. The van der Waals surface area contributed by atoms with Gasteiger partial charge in [0.05, 0.1) is 18.9 Å². The molecule has 20 heavy (non-hydrogen) atoms. The summed E-state index contributed by atoms with van der Waals surface area (Å²) in [4.78, 5) is 34.9. The van der Waals surface area contributed by atoms with Crippen molar-refractivity contribution in [2.75, 3.05) is 11.4 Å². The maximum atomic E-state index is 12.2. The number of carbonyl (C=O) groups excluding carboxylic acids is 2. The van der Waals surface area contributed by atoms with Gasteiger partial charge in [0.25, 0.3) is 0 Å². The fourth-order valence-corrected chi connectivity index (χ4v) is 1.69. The summed E-state index contributed by atoms with van der Waals surface area (Å²) < 4.78 is 0. The van der Waals surface area contributed by atoms with Crippen molar-refractivity contribution in [1.29, 1.82) is 0 Å². The van der Waals surface area contributed by atoms with Crippen molar-refractivity contribution < 1.29 is 19.5 Å². The molecule has 0 bridgehead atoms. The monoisotopic (exact) mass is 279 g/mol. The van der Waals surface area contributed by atoms with Crippen molar-refractivity contribution in [1.82, 2.24) is 0 Å². The Balaban J connectivity index is 2.89. The van der Waals surface area contributed by atoms with E-state index in [4.69, 9.17) is 16.6 Å². The van der Waals surface area contributed by atoms with Gasteiger partial charge in [-0.15, -0.1) is 0 Å². The molecule has 1 unspecified atom stereocenters. The number of nitrogens with two attached hydrogens (primary N) is 2. The average molecular weight is 279 g/mol. The number of para-hydroxylation sites is 1. The number of rotatable bonds is 7. The number of primary amides is 1. The molecule has 7 heteroatoms. The fourth-order valence-electron chi connectivity index (χ4n) is 1.69. The number of anilines is 1. The summed E-state index contributed by atoms with van der Waals surface area (Å²) in [5.41, 5.74) is 11.2. The predicted molar refractivity (Wildman–Crippen MR) is 72.8 cm³/mol. The number of benzene rings is 1. The lowest BCUT2D eigenvalue weighted by molar-refractivity contribution is -0.136. The average Bonchev–Trinajstić information content (AvgIpc) is 2.38. The molecule has 0 fully saturated rings. The highest BCUT2D eigenvalue weighted by molar-refractivity contribution is 5.99. The minimum atomic E-state index is -1.08. The van der Waals surface area contributed by atoms with Crippen molar-refractivity contribution in [3.63, 3.8) is 0 Å². The lowest BCUT2D eigenvalue weighted by Crippen LogP contribution is -2.46. The second-order valence-corrected chi connectivity index (χ2v) is 4.25. The Morgan fingerprint density at radius 1 is 1.20 bits per heavy atom. The molecule has 7 nitrogen and oxygen atoms in total. The number of nitrogens with zero attached hydrogens (tertiary/aromatic N) is 1. The van der Waals surface area contributed by atoms with E-state index in [0.717, 1.165) is 0 Å². The van der Waals surface area contributed by atoms with Crippen LogP contribution in [0.25, 0.3) is 0 Å². The number of carboxylic acids is 1. The van der Waals surface area contributed by atoms with E-state index in [1.807, 2.05) is 0 Å². The Kier molecular flexibility index (Phi) is 5.67. The molecule has 0 aliphatic carbocycles. The molecule has 0 heterocycles. The van der Waals surface area contributed by atoms with Gasteiger partial charge in [-0.2, -0.15) is 0 Å². The zero-order valence-corrected chi connectivity index (χ0v) is 10.9. The molecule has 108 valence electrons. The molecule has 0 aliphatic heterocycles. The minimum Gasteiger partial charge on any atom is -0.481 e. The number of amides is 2. The van der Waals surface area contributed by atoms with Crippen LogP contribution in [0.3, 0.4) is 0 Å². The van der Waals surface area contributed by atoms with E-state index in [2.05, 4.69) is 0 Å². The van der Waals surface area contributed by atoms with Crippen molar-refractivity contribution in [2.45, 2.75) is 18.9 Å². The Morgan fingerprint density at radius 3 is 2.30 bits per heavy atom. The normalized spacial score (nSPS) is 11.7. The highest BCUT2D eigenvalue weighted by Crippen LogP contribution is 2.15. The first kappa shape index (κ1) is 15.6. The summed E-state index contributed by atoms with van der Waals surface area (Å²) in [6, 6.07) is 7.45. The third-order valence-electron chi connectivity index (χ3n) is 2.62. The summed E-state index contributed by atoms with van der Waals surface area (Å²) in [6.07, 6.45) is -0.501. The molecule has 0 aliphatic rings. The van der Waals surface area contributed by atoms with Gasteiger partial charge in [-0.25, -0.2) is 0 Å². The van der Waals surface area contributed by atoms with Crippen LogP contribution < -0.4 is 16.4 Å². The molecule has 1 aromatic carbocycles. The highest BCUT2D eigenvalue weighted by atomic mass is 16.4. The van der Waals surface area contributed by atoms with Crippen LogP contribution in [-0.4, -0.2) is 35.5 Å². The van der Waals surface area contributed by atoms with Crippen molar-refractivity contribution in [3.8, 4) is 0 Å². The number of carboxylic acid groups (broad SMARTS) is 1. The van der Waals surface area contributed by atoms with Gasteiger partial charge in [0, 0.05) is 12.2 Å².